The zero-order valence-electron chi connectivity index (χ0n) is 16.6. The molecule has 4 nitrogen and oxygen atoms in total. The van der Waals surface area contributed by atoms with Crippen LogP contribution in [0.2, 0.25) is 0 Å². The standard InChI is InChI=1S/C23H29NO3/c1-22(2)13-23(3,4)24(12-16-7-5-6-8-17(16)22)20(25)18-14-9-10-15(11-14)19(18)21(26)27/h5-10,14-15,18-19H,11-13H2,1-4H3,(H,26,27). The number of hydrogen-bond donors (Lipinski definition) is 1. The molecule has 4 heteroatoms. The molecule has 27 heavy (non-hydrogen) atoms. The normalized spacial score (nSPS) is 32.8. The first-order chi connectivity index (χ1) is 12.6. The fourth-order valence-electron chi connectivity index (χ4n) is 6.03. The highest BCUT2D eigenvalue weighted by Gasteiger charge is 2.54. The third-order valence-corrected chi connectivity index (χ3v) is 6.98. The number of hydrogen-bond acceptors (Lipinski definition) is 2. The van der Waals surface area contributed by atoms with Crippen molar-refractivity contribution in [1.82, 2.24) is 4.90 Å². The first-order valence-electron chi connectivity index (χ1n) is 9.93. The van der Waals surface area contributed by atoms with Gasteiger partial charge in [0.25, 0.3) is 0 Å². The van der Waals surface area contributed by atoms with Crippen LogP contribution in [0.3, 0.4) is 0 Å². The Morgan fingerprint density at radius 1 is 1.04 bits per heavy atom. The Labute approximate surface area is 161 Å². The van der Waals surface area contributed by atoms with Gasteiger partial charge in [0.2, 0.25) is 5.91 Å². The number of carbonyl (C=O) groups excluding carboxylic acids is 1. The summed E-state index contributed by atoms with van der Waals surface area (Å²) >= 11 is 0. The van der Waals surface area contributed by atoms with E-state index in [0.717, 1.165) is 12.8 Å². The molecule has 1 heterocycles. The molecule has 1 aromatic rings. The van der Waals surface area contributed by atoms with Crippen molar-refractivity contribution in [3.63, 3.8) is 0 Å². The summed E-state index contributed by atoms with van der Waals surface area (Å²) in [5.74, 6) is -1.79. The van der Waals surface area contributed by atoms with E-state index >= 15 is 0 Å². The molecule has 2 aliphatic carbocycles. The first-order valence-corrected chi connectivity index (χ1v) is 9.93. The third kappa shape index (κ3) is 2.81. The Balaban J connectivity index is 1.73. The lowest BCUT2D eigenvalue weighted by molar-refractivity contribution is -0.154. The second-order valence-electron chi connectivity index (χ2n) is 9.79. The lowest BCUT2D eigenvalue weighted by Gasteiger charge is -2.43. The van der Waals surface area contributed by atoms with Crippen LogP contribution in [0.4, 0.5) is 0 Å². The quantitative estimate of drug-likeness (QED) is 0.804. The molecule has 1 fully saturated rings. The molecule has 2 bridgehead atoms. The molecule has 1 saturated carbocycles. The van der Waals surface area contributed by atoms with Crippen molar-refractivity contribution in [2.75, 3.05) is 0 Å². The van der Waals surface area contributed by atoms with Gasteiger partial charge in [0.15, 0.2) is 0 Å². The van der Waals surface area contributed by atoms with Crippen LogP contribution < -0.4 is 0 Å². The topological polar surface area (TPSA) is 57.6 Å². The van der Waals surface area contributed by atoms with Crippen molar-refractivity contribution in [3.8, 4) is 0 Å². The van der Waals surface area contributed by atoms with Gasteiger partial charge < -0.3 is 10.0 Å². The number of nitrogens with zero attached hydrogens (tertiary/aromatic N) is 1. The number of amides is 1. The Morgan fingerprint density at radius 2 is 1.67 bits per heavy atom. The molecule has 0 spiro atoms. The van der Waals surface area contributed by atoms with Gasteiger partial charge in [0.05, 0.1) is 11.8 Å². The SMILES string of the molecule is CC1(C)CC(C)(C)N(C(=O)C2C3C=CC(C3)C2C(=O)O)Cc2ccccc21. The van der Waals surface area contributed by atoms with Gasteiger partial charge in [-0.25, -0.2) is 0 Å². The minimum absolute atomic E-state index is 0.000248. The largest absolute Gasteiger partial charge is 0.481 e. The van der Waals surface area contributed by atoms with Crippen LogP contribution in [0.1, 0.15) is 51.7 Å². The monoisotopic (exact) mass is 367 g/mol. The number of carboxylic acids is 1. The predicted molar refractivity (Wildman–Crippen MR) is 104 cm³/mol. The summed E-state index contributed by atoms with van der Waals surface area (Å²) in [6.07, 6.45) is 5.70. The second kappa shape index (κ2) is 5.95. The van der Waals surface area contributed by atoms with Gasteiger partial charge >= 0.3 is 5.97 Å². The molecule has 0 saturated heterocycles. The van der Waals surface area contributed by atoms with E-state index in [1.165, 1.54) is 11.1 Å². The van der Waals surface area contributed by atoms with E-state index < -0.39 is 17.8 Å². The molecule has 1 N–H and O–H groups in total. The van der Waals surface area contributed by atoms with E-state index in [1.54, 1.807) is 0 Å². The van der Waals surface area contributed by atoms with E-state index in [1.807, 2.05) is 17.0 Å². The fraction of sp³-hybridized carbons (Fsp3) is 0.565. The van der Waals surface area contributed by atoms with E-state index in [2.05, 4.69) is 52.0 Å². The molecular formula is C23H29NO3. The van der Waals surface area contributed by atoms with Crippen molar-refractivity contribution >= 4 is 11.9 Å². The van der Waals surface area contributed by atoms with Crippen LogP contribution >= 0.6 is 0 Å². The van der Waals surface area contributed by atoms with Gasteiger partial charge in [-0.05, 0) is 55.1 Å². The van der Waals surface area contributed by atoms with Crippen LogP contribution in [0.5, 0.6) is 0 Å². The zero-order valence-corrected chi connectivity index (χ0v) is 16.6. The number of rotatable bonds is 2. The molecule has 0 radical (unpaired) electrons. The van der Waals surface area contributed by atoms with Crippen molar-refractivity contribution in [2.24, 2.45) is 23.7 Å². The molecule has 4 atom stereocenters. The molecule has 0 aromatic heterocycles. The van der Waals surface area contributed by atoms with Gasteiger partial charge in [-0.3, -0.25) is 9.59 Å². The average Bonchev–Trinajstić information content (AvgIpc) is 3.17. The smallest absolute Gasteiger partial charge is 0.307 e. The third-order valence-electron chi connectivity index (χ3n) is 6.98. The van der Waals surface area contributed by atoms with Crippen molar-refractivity contribution in [2.45, 2.75) is 58.0 Å². The molecule has 3 aliphatic rings. The number of fused-ring (bicyclic) bond motifs is 3. The van der Waals surface area contributed by atoms with Gasteiger partial charge in [0.1, 0.15) is 0 Å². The number of allylic oxidation sites excluding steroid dienone is 2. The zero-order chi connectivity index (χ0) is 19.6. The Morgan fingerprint density at radius 3 is 2.33 bits per heavy atom. The highest BCUT2D eigenvalue weighted by atomic mass is 16.4. The van der Waals surface area contributed by atoms with Gasteiger partial charge in [-0.1, -0.05) is 50.3 Å². The highest BCUT2D eigenvalue weighted by Crippen LogP contribution is 2.50. The predicted octanol–water partition coefficient (Wildman–Crippen LogP) is 4.00. The van der Waals surface area contributed by atoms with Crippen molar-refractivity contribution in [3.05, 3.63) is 47.5 Å². The lowest BCUT2D eigenvalue weighted by atomic mass is 9.74. The molecular weight excluding hydrogens is 338 g/mol. The minimum atomic E-state index is -0.835. The second-order valence-corrected chi connectivity index (χ2v) is 9.79. The molecule has 1 aromatic carbocycles. The van der Waals surface area contributed by atoms with Crippen molar-refractivity contribution in [1.29, 1.82) is 0 Å². The summed E-state index contributed by atoms with van der Waals surface area (Å²) in [7, 11) is 0. The Bertz CT molecular complexity index is 823. The average molecular weight is 367 g/mol. The van der Waals surface area contributed by atoms with Crippen LogP contribution in [0.25, 0.3) is 0 Å². The van der Waals surface area contributed by atoms with Gasteiger partial charge in [-0.15, -0.1) is 0 Å². The maximum atomic E-state index is 13.7. The molecule has 1 aliphatic heterocycles. The fourth-order valence-corrected chi connectivity index (χ4v) is 6.03. The van der Waals surface area contributed by atoms with E-state index in [-0.39, 0.29) is 28.7 Å². The van der Waals surface area contributed by atoms with Crippen molar-refractivity contribution < 1.29 is 14.7 Å². The molecule has 1 amide bonds. The summed E-state index contributed by atoms with van der Waals surface area (Å²) < 4.78 is 0. The highest BCUT2D eigenvalue weighted by molar-refractivity contribution is 5.87. The lowest BCUT2D eigenvalue weighted by Crippen LogP contribution is -2.52. The summed E-state index contributed by atoms with van der Waals surface area (Å²) in [6, 6.07) is 8.36. The number of aliphatic carboxylic acids is 1. The summed E-state index contributed by atoms with van der Waals surface area (Å²) in [5.41, 5.74) is 2.08. The first kappa shape index (κ1) is 18.3. The van der Waals surface area contributed by atoms with Gasteiger partial charge in [0, 0.05) is 12.1 Å². The molecule has 4 rings (SSSR count). The van der Waals surface area contributed by atoms with Crippen LogP contribution in [-0.2, 0) is 21.5 Å². The molecule has 144 valence electrons. The molecule has 4 unspecified atom stereocenters. The van der Waals surface area contributed by atoms with E-state index in [9.17, 15) is 14.7 Å². The van der Waals surface area contributed by atoms with Gasteiger partial charge in [-0.2, -0.15) is 0 Å². The summed E-state index contributed by atoms with van der Waals surface area (Å²) in [5, 5.41) is 9.77. The van der Waals surface area contributed by atoms with E-state index in [0.29, 0.717) is 6.54 Å². The number of carboxylic acid groups (broad SMARTS) is 1. The maximum absolute atomic E-state index is 13.7. The number of carbonyl (C=O) groups is 2. The van der Waals surface area contributed by atoms with E-state index in [4.69, 9.17) is 0 Å². The number of benzene rings is 1. The summed E-state index contributed by atoms with van der Waals surface area (Å²) in [6.45, 7) is 9.27. The Hall–Kier alpha value is -2.10. The Kier molecular flexibility index (Phi) is 4.03. The van der Waals surface area contributed by atoms with Crippen LogP contribution in [-0.4, -0.2) is 27.4 Å². The van der Waals surface area contributed by atoms with Crippen LogP contribution in [0.15, 0.2) is 36.4 Å². The summed E-state index contributed by atoms with van der Waals surface area (Å²) in [4.78, 5) is 27.6. The van der Waals surface area contributed by atoms with Crippen LogP contribution in [0, 0.1) is 23.7 Å². The minimum Gasteiger partial charge on any atom is -0.481 e. The maximum Gasteiger partial charge on any atom is 0.307 e.